The number of phenols is 1. The highest BCUT2D eigenvalue weighted by Crippen LogP contribution is 2.59. The average molecular weight is 563 g/mol. The molecular formula is C29H34N6O6. The zero-order valence-electron chi connectivity index (χ0n) is 23.6. The van der Waals surface area contributed by atoms with Crippen molar-refractivity contribution in [2.75, 3.05) is 33.1 Å². The van der Waals surface area contributed by atoms with Gasteiger partial charge < -0.3 is 37.4 Å². The van der Waals surface area contributed by atoms with E-state index in [-0.39, 0.29) is 23.3 Å². The molecule has 0 heterocycles. The number of hydrogen-bond donors (Lipinski definition) is 6. The molecule has 216 valence electrons. The Morgan fingerprint density at radius 1 is 1.17 bits per heavy atom. The first kappa shape index (κ1) is 29.6. The molecule has 4 atom stereocenters. The van der Waals surface area contributed by atoms with Crippen molar-refractivity contribution in [3.05, 3.63) is 39.7 Å². The zero-order chi connectivity index (χ0) is 30.8. The number of benzene rings is 1. The van der Waals surface area contributed by atoms with Crippen LogP contribution in [0.2, 0.25) is 0 Å². The Morgan fingerprint density at radius 2 is 1.80 bits per heavy atom. The predicted molar refractivity (Wildman–Crippen MR) is 150 cm³/mol. The lowest BCUT2D eigenvalue weighted by molar-refractivity contribution is -0.139. The fourth-order valence-corrected chi connectivity index (χ4v) is 6.66. The van der Waals surface area contributed by atoms with Gasteiger partial charge in [-0.3, -0.25) is 19.3 Å². The zero-order valence-corrected chi connectivity index (χ0v) is 23.6. The number of aliphatic hydroxyl groups excluding tert-OH is 2. The van der Waals surface area contributed by atoms with E-state index in [0.29, 0.717) is 17.7 Å². The molecule has 1 aromatic rings. The maximum atomic E-state index is 14.5. The molecule has 0 radical (unpaired) electrons. The van der Waals surface area contributed by atoms with Crippen LogP contribution in [0.1, 0.15) is 42.9 Å². The first-order chi connectivity index (χ1) is 19.1. The van der Waals surface area contributed by atoms with Crippen LogP contribution in [0.5, 0.6) is 5.75 Å². The molecule has 1 aromatic carbocycles. The van der Waals surface area contributed by atoms with Crippen molar-refractivity contribution in [1.29, 1.82) is 5.26 Å². The van der Waals surface area contributed by atoms with Crippen LogP contribution in [0.3, 0.4) is 0 Å². The van der Waals surface area contributed by atoms with E-state index in [9.17, 15) is 35.0 Å². The molecule has 1 saturated carbocycles. The van der Waals surface area contributed by atoms with Crippen LogP contribution in [0, 0.1) is 28.6 Å². The summed E-state index contributed by atoms with van der Waals surface area (Å²) in [6, 6.07) is 1.96. The van der Waals surface area contributed by atoms with Crippen LogP contribution < -0.4 is 22.1 Å². The highest BCUT2D eigenvalue weighted by Gasteiger charge is 2.74. The Kier molecular flexibility index (Phi) is 6.96. The van der Waals surface area contributed by atoms with E-state index in [1.54, 1.807) is 31.1 Å². The fourth-order valence-electron chi connectivity index (χ4n) is 6.66. The van der Waals surface area contributed by atoms with Crippen LogP contribution in [0.15, 0.2) is 23.0 Å². The largest absolute Gasteiger partial charge is 0.509 e. The number of unbranched alkanes of at least 4 members (excludes halogenated alkanes) is 1. The number of fused-ring (bicyclic) bond motifs is 3. The van der Waals surface area contributed by atoms with Crippen molar-refractivity contribution in [1.82, 2.24) is 4.90 Å². The van der Waals surface area contributed by atoms with E-state index < -0.39 is 69.1 Å². The molecule has 0 unspecified atom stereocenters. The van der Waals surface area contributed by atoms with E-state index in [2.05, 4.69) is 11.8 Å². The van der Waals surface area contributed by atoms with Crippen molar-refractivity contribution in [2.24, 2.45) is 22.6 Å². The summed E-state index contributed by atoms with van der Waals surface area (Å²) in [5.74, 6) is 0.0852. The van der Waals surface area contributed by atoms with Crippen LogP contribution in [0.4, 0.5) is 5.69 Å². The van der Waals surface area contributed by atoms with Crippen molar-refractivity contribution in [3.63, 3.8) is 0 Å². The number of primary amides is 1. The number of nitriles is 1. The highest BCUT2D eigenvalue weighted by molar-refractivity contribution is 6.25. The Hall–Kier alpha value is -4.36. The third-order valence-corrected chi connectivity index (χ3v) is 8.31. The summed E-state index contributed by atoms with van der Waals surface area (Å²) >= 11 is 0. The average Bonchev–Trinajstić information content (AvgIpc) is 2.84. The molecule has 1 fully saturated rings. The molecule has 0 aromatic heterocycles. The number of anilines is 1. The maximum absolute atomic E-state index is 14.5. The number of carbonyl (C=O) groups excluding carboxylic acids is 3. The van der Waals surface area contributed by atoms with E-state index in [1.807, 2.05) is 6.92 Å². The van der Waals surface area contributed by atoms with Gasteiger partial charge in [0, 0.05) is 26.2 Å². The topological polar surface area (TPSA) is 220 Å². The second-order valence-corrected chi connectivity index (χ2v) is 11.4. The van der Waals surface area contributed by atoms with Crippen LogP contribution in [-0.2, 0) is 20.8 Å². The number of ketones is 2. The van der Waals surface area contributed by atoms with Gasteiger partial charge in [0.15, 0.2) is 17.0 Å². The van der Waals surface area contributed by atoms with Crippen molar-refractivity contribution in [2.45, 2.75) is 49.7 Å². The van der Waals surface area contributed by atoms with Gasteiger partial charge in [-0.05, 0) is 45.0 Å². The smallest absolute Gasteiger partial charge is 0.255 e. The lowest BCUT2D eigenvalue weighted by atomic mass is 9.47. The van der Waals surface area contributed by atoms with Gasteiger partial charge in [0.2, 0.25) is 0 Å². The third kappa shape index (κ3) is 3.75. The molecule has 3 aliphatic rings. The van der Waals surface area contributed by atoms with E-state index in [4.69, 9.17) is 17.2 Å². The summed E-state index contributed by atoms with van der Waals surface area (Å²) in [5, 5.41) is 44.7. The summed E-state index contributed by atoms with van der Waals surface area (Å²) < 4.78 is 0. The number of rotatable bonds is 4. The van der Waals surface area contributed by atoms with Crippen LogP contribution in [-0.4, -0.2) is 83.0 Å². The van der Waals surface area contributed by atoms with Gasteiger partial charge in [0.1, 0.15) is 22.8 Å². The molecule has 12 heteroatoms. The summed E-state index contributed by atoms with van der Waals surface area (Å²) in [4.78, 5) is 43.3. The number of nitrogens with two attached hydrogens (primary N) is 3. The first-order valence-electron chi connectivity index (χ1n) is 13.0. The van der Waals surface area contributed by atoms with Gasteiger partial charge in [-0.25, -0.2) is 0 Å². The summed E-state index contributed by atoms with van der Waals surface area (Å²) in [5.41, 5.74) is 12.3. The quantitative estimate of drug-likeness (QED) is 0.214. The number of amides is 1. The first-order valence-corrected chi connectivity index (χ1v) is 13.0. The molecule has 3 aliphatic carbocycles. The molecular weight excluding hydrogens is 528 g/mol. The monoisotopic (exact) mass is 562 g/mol. The van der Waals surface area contributed by atoms with Gasteiger partial charge in [0.05, 0.1) is 39.9 Å². The van der Waals surface area contributed by atoms with Crippen molar-refractivity contribution in [3.8, 4) is 23.7 Å². The number of aromatic hydroxyl groups is 1. The molecule has 0 bridgehead atoms. The van der Waals surface area contributed by atoms with Crippen LogP contribution >= 0.6 is 0 Å². The predicted octanol–water partition coefficient (Wildman–Crippen LogP) is 0.123. The third-order valence-electron chi connectivity index (χ3n) is 8.31. The second kappa shape index (κ2) is 9.63. The number of Topliss-reactive ketones (excluding diaryl/α,β-unsaturated/α-hetero) is 2. The minimum Gasteiger partial charge on any atom is -0.509 e. The van der Waals surface area contributed by atoms with Crippen molar-refractivity contribution >= 4 is 28.9 Å². The molecule has 0 saturated heterocycles. The molecule has 0 spiro atoms. The van der Waals surface area contributed by atoms with Gasteiger partial charge in [-0.1, -0.05) is 18.8 Å². The number of nitrogens with zero attached hydrogens (tertiary/aromatic N) is 3. The van der Waals surface area contributed by atoms with Crippen molar-refractivity contribution < 1.29 is 29.7 Å². The maximum Gasteiger partial charge on any atom is 0.255 e. The molecule has 4 rings (SSSR count). The Morgan fingerprint density at radius 3 is 2.32 bits per heavy atom. The molecule has 1 amide bonds. The van der Waals surface area contributed by atoms with E-state index in [0.717, 1.165) is 6.42 Å². The molecule has 9 N–H and O–H groups in total. The number of aliphatic hydroxyl groups is 2. The fraction of sp³-hybridized carbons (Fsp3) is 0.448. The number of likely N-dealkylation sites (N-methyl/N-ethyl adjacent to an activating group) is 1. The van der Waals surface area contributed by atoms with Gasteiger partial charge >= 0.3 is 0 Å². The lowest BCUT2D eigenvalue weighted by Crippen LogP contribution is -2.80. The van der Waals surface area contributed by atoms with Gasteiger partial charge in [-0.2, -0.15) is 5.26 Å². The molecule has 41 heavy (non-hydrogen) atoms. The van der Waals surface area contributed by atoms with Gasteiger partial charge in [0.25, 0.3) is 5.91 Å². The molecule has 0 aliphatic heterocycles. The number of carbonyl (C=O) groups is 3. The Bertz CT molecular complexity index is 1570. The van der Waals surface area contributed by atoms with E-state index >= 15 is 0 Å². The van der Waals surface area contributed by atoms with Crippen LogP contribution in [0.25, 0.3) is 5.76 Å². The van der Waals surface area contributed by atoms with E-state index in [1.165, 1.54) is 19.0 Å². The SMILES string of the molecule is CCCC#Cc1cc(N(C)C)c2c(c1O)C(O)=C1C(=O)[C@]3(C#N)C(O)=C(C(N)=O)C(=O)[C@@H](N(C)C)[C@]3(N)C[C@]1(N)C2. The lowest BCUT2D eigenvalue weighted by Gasteiger charge is -2.58. The Balaban J connectivity index is 2.13. The Labute approximate surface area is 237 Å². The second-order valence-electron chi connectivity index (χ2n) is 11.4. The normalized spacial score (nSPS) is 28.8. The number of phenolic OH excluding ortho intramolecular Hbond substituents is 1. The summed E-state index contributed by atoms with van der Waals surface area (Å²) in [6.07, 6.45) is 0.790. The summed E-state index contributed by atoms with van der Waals surface area (Å²) in [6.45, 7) is 1.95. The minimum atomic E-state index is -2.71. The minimum absolute atomic E-state index is 0.0892. The standard InChI is InChI=1S/C29H34N6O6/c1-6-7-8-9-14-10-16(34(2)3)15-11-27(32)12-29(33)23(35(4)5)22(38)18(26(31)41)24(39)28(29,13-30)25(40)19(27)21(37)17(15)20(14)36/h10,23,36-37,39H,6-7,11-12,32-33H2,1-5H3,(H2,31,41)/t23-,27-,28+,29-/m1/s1. The molecule has 12 nitrogen and oxygen atoms in total. The highest BCUT2D eigenvalue weighted by atomic mass is 16.3. The van der Waals surface area contributed by atoms with Gasteiger partial charge in [-0.15, -0.1) is 0 Å². The number of hydrogen-bond acceptors (Lipinski definition) is 11. The summed E-state index contributed by atoms with van der Waals surface area (Å²) in [7, 11) is 6.44.